The van der Waals surface area contributed by atoms with E-state index in [1.165, 1.54) is 0 Å². The lowest BCUT2D eigenvalue weighted by molar-refractivity contribution is -0.146. The van der Waals surface area contributed by atoms with Crippen LogP contribution in [0.25, 0.3) is 0 Å². The fourth-order valence-electron chi connectivity index (χ4n) is 6.83. The number of hydrogen-bond acceptors (Lipinski definition) is 5. The molecule has 0 aromatic carbocycles. The molecule has 7 nitrogen and oxygen atoms in total. The number of fused-ring (bicyclic) bond motifs is 1. The van der Waals surface area contributed by atoms with Crippen molar-refractivity contribution in [1.29, 1.82) is 0 Å². The number of thioether (sulfide) groups is 1. The first-order valence-electron chi connectivity index (χ1n) is 14.1. The zero-order chi connectivity index (χ0) is 27.4. The summed E-state index contributed by atoms with van der Waals surface area (Å²) in [6, 6.07) is -0.597. The van der Waals surface area contributed by atoms with Gasteiger partial charge in [0.2, 0.25) is 17.7 Å². The van der Waals surface area contributed by atoms with Gasteiger partial charge in [-0.25, -0.2) is 0 Å². The number of rotatable bonds is 15. The molecule has 2 bridgehead atoms. The summed E-state index contributed by atoms with van der Waals surface area (Å²) in [7, 11) is 0. The van der Waals surface area contributed by atoms with E-state index >= 15 is 0 Å². The Bertz CT molecular complexity index is 879. The van der Waals surface area contributed by atoms with Crippen LogP contribution in [-0.4, -0.2) is 91.9 Å². The average Bonchev–Trinajstić information content (AvgIpc) is 3.42. The minimum atomic E-state index is -0.589. The largest absolute Gasteiger partial charge is 0.396 e. The topological polar surface area (TPSA) is 81.2 Å². The van der Waals surface area contributed by atoms with Crippen molar-refractivity contribution in [2.24, 2.45) is 11.8 Å². The van der Waals surface area contributed by atoms with Gasteiger partial charge >= 0.3 is 0 Å². The first-order valence-corrected chi connectivity index (χ1v) is 14.9. The molecule has 1 N–H and O–H groups in total. The number of likely N-dealkylation sites (tertiary alicyclic amines) is 1. The quantitative estimate of drug-likeness (QED) is 0.255. The Morgan fingerprint density at radius 2 is 1.81 bits per heavy atom. The molecule has 5 atom stereocenters. The number of hydrogen-bond donors (Lipinski definition) is 1. The van der Waals surface area contributed by atoms with Crippen LogP contribution >= 0.6 is 11.8 Å². The number of nitrogens with zero attached hydrogens (tertiary/aromatic N) is 3. The van der Waals surface area contributed by atoms with E-state index in [9.17, 15) is 14.4 Å². The number of carbonyl (C=O) groups excluding carboxylic acids is 3. The third-order valence-electron chi connectivity index (χ3n) is 8.47. The van der Waals surface area contributed by atoms with Crippen LogP contribution in [0.3, 0.4) is 0 Å². The lowest BCUT2D eigenvalue weighted by Crippen LogP contribution is -2.56. The van der Waals surface area contributed by atoms with Gasteiger partial charge in [0.15, 0.2) is 0 Å². The maximum Gasteiger partial charge on any atom is 0.247 e. The first-order chi connectivity index (χ1) is 17.6. The molecule has 37 heavy (non-hydrogen) atoms. The van der Waals surface area contributed by atoms with Crippen LogP contribution in [0.4, 0.5) is 0 Å². The molecular weight excluding hydrogens is 486 g/mol. The van der Waals surface area contributed by atoms with Crippen molar-refractivity contribution in [3.63, 3.8) is 0 Å². The van der Waals surface area contributed by atoms with E-state index in [1.54, 1.807) is 23.9 Å². The molecule has 0 saturated carbocycles. The summed E-state index contributed by atoms with van der Waals surface area (Å²) in [5.41, 5.74) is 0. The minimum absolute atomic E-state index is 0.0216. The van der Waals surface area contributed by atoms with Gasteiger partial charge in [-0.05, 0) is 52.9 Å². The second kappa shape index (κ2) is 12.4. The van der Waals surface area contributed by atoms with Crippen LogP contribution in [-0.2, 0) is 14.4 Å². The molecule has 3 heterocycles. The van der Waals surface area contributed by atoms with Crippen molar-refractivity contribution in [3.8, 4) is 0 Å². The van der Waals surface area contributed by atoms with Gasteiger partial charge in [0.1, 0.15) is 6.04 Å². The Morgan fingerprint density at radius 3 is 2.41 bits per heavy atom. The molecule has 3 aliphatic heterocycles. The van der Waals surface area contributed by atoms with Crippen molar-refractivity contribution < 1.29 is 19.5 Å². The smallest absolute Gasteiger partial charge is 0.247 e. The zero-order valence-corrected chi connectivity index (χ0v) is 24.1. The molecule has 3 amide bonds. The Hall–Kier alpha value is -1.80. The van der Waals surface area contributed by atoms with Gasteiger partial charge in [-0.3, -0.25) is 14.4 Å². The highest BCUT2D eigenvalue weighted by atomic mass is 32.2. The maximum atomic E-state index is 14.2. The van der Waals surface area contributed by atoms with Crippen molar-refractivity contribution in [1.82, 2.24) is 14.7 Å². The van der Waals surface area contributed by atoms with Crippen molar-refractivity contribution >= 4 is 29.5 Å². The molecule has 2 unspecified atom stereocenters. The summed E-state index contributed by atoms with van der Waals surface area (Å²) in [5, 5.41) is 9.14. The molecule has 0 radical (unpaired) electrons. The number of aliphatic hydroxyl groups is 1. The standard InChI is InChI=1S/C29H47N3O4S/c1-7-16-30(17-8-2)25(34)22-23-26(35)32(19-12-10-11-13-20-33)24(27(36)31(18-9-3)21(4)5)29(23)15-14-28(22,6)37-29/h7,9,21-24,33H,1,3,8,10-20H2,2,4-6H3/t22-,23-,24?,28+,29?/m0/s1. The Balaban J connectivity index is 2.01. The number of amides is 3. The van der Waals surface area contributed by atoms with Gasteiger partial charge in [0, 0.05) is 43.6 Å². The highest BCUT2D eigenvalue weighted by Gasteiger charge is 2.77. The Kier molecular flexibility index (Phi) is 9.95. The SMILES string of the molecule is C=CCN(CCC)C(=O)[C@@H]1[C@H]2C(=O)N(CCCCCCO)C(C(=O)N(CC=C)C(C)C)C23CC[C@@]1(C)S3. The van der Waals surface area contributed by atoms with E-state index < -0.39 is 22.6 Å². The Labute approximate surface area is 227 Å². The van der Waals surface area contributed by atoms with E-state index in [4.69, 9.17) is 5.11 Å². The lowest BCUT2D eigenvalue weighted by atomic mass is 9.66. The van der Waals surface area contributed by atoms with Gasteiger partial charge in [-0.15, -0.1) is 24.9 Å². The summed E-state index contributed by atoms with van der Waals surface area (Å²) in [6.07, 6.45) is 9.22. The molecule has 3 aliphatic rings. The van der Waals surface area contributed by atoms with E-state index in [-0.39, 0.29) is 35.1 Å². The summed E-state index contributed by atoms with van der Waals surface area (Å²) in [6.45, 7) is 18.1. The van der Waals surface area contributed by atoms with Crippen LogP contribution in [0.15, 0.2) is 25.3 Å². The van der Waals surface area contributed by atoms with E-state index in [2.05, 4.69) is 27.0 Å². The molecule has 0 aromatic rings. The van der Waals surface area contributed by atoms with E-state index in [0.29, 0.717) is 26.2 Å². The monoisotopic (exact) mass is 533 g/mol. The molecule has 8 heteroatoms. The molecule has 0 aromatic heterocycles. The first kappa shape index (κ1) is 29.8. The Morgan fingerprint density at radius 1 is 1.14 bits per heavy atom. The normalized spacial score (nSPS) is 30.1. The van der Waals surface area contributed by atoms with Crippen LogP contribution in [0, 0.1) is 11.8 Å². The van der Waals surface area contributed by atoms with Crippen molar-refractivity contribution in [2.45, 2.75) is 94.2 Å². The van der Waals surface area contributed by atoms with Crippen LogP contribution < -0.4 is 0 Å². The molecule has 3 rings (SSSR count). The summed E-state index contributed by atoms with van der Waals surface area (Å²) >= 11 is 1.74. The number of aliphatic hydroxyl groups excluding tert-OH is 1. The van der Waals surface area contributed by atoms with Crippen LogP contribution in [0.2, 0.25) is 0 Å². The van der Waals surface area contributed by atoms with E-state index in [0.717, 1.165) is 44.9 Å². The highest BCUT2D eigenvalue weighted by Crippen LogP contribution is 2.71. The fraction of sp³-hybridized carbons (Fsp3) is 0.759. The highest BCUT2D eigenvalue weighted by molar-refractivity contribution is 8.02. The predicted molar refractivity (Wildman–Crippen MR) is 150 cm³/mol. The second-order valence-corrected chi connectivity index (χ2v) is 13.2. The molecular formula is C29H47N3O4S. The predicted octanol–water partition coefficient (Wildman–Crippen LogP) is 3.87. The zero-order valence-electron chi connectivity index (χ0n) is 23.3. The molecule has 3 saturated heterocycles. The summed E-state index contributed by atoms with van der Waals surface area (Å²) in [4.78, 5) is 48.0. The van der Waals surface area contributed by atoms with Gasteiger partial charge in [0.25, 0.3) is 0 Å². The fourth-order valence-corrected chi connectivity index (χ4v) is 9.18. The van der Waals surface area contributed by atoms with E-state index in [1.807, 2.05) is 28.5 Å². The van der Waals surface area contributed by atoms with Gasteiger partial charge < -0.3 is 19.8 Å². The van der Waals surface area contributed by atoms with Crippen molar-refractivity contribution in [3.05, 3.63) is 25.3 Å². The number of carbonyl (C=O) groups is 3. The maximum absolute atomic E-state index is 14.2. The van der Waals surface area contributed by atoms with Gasteiger partial charge in [0.05, 0.1) is 16.6 Å². The minimum Gasteiger partial charge on any atom is -0.396 e. The van der Waals surface area contributed by atoms with Crippen LogP contribution in [0.5, 0.6) is 0 Å². The number of unbranched alkanes of at least 4 members (excludes halogenated alkanes) is 3. The average molecular weight is 534 g/mol. The van der Waals surface area contributed by atoms with Crippen molar-refractivity contribution in [2.75, 3.05) is 32.8 Å². The second-order valence-electron chi connectivity index (χ2n) is 11.3. The molecule has 1 spiro atoms. The van der Waals surface area contributed by atoms with Gasteiger partial charge in [-0.1, -0.05) is 31.9 Å². The van der Waals surface area contributed by atoms with Gasteiger partial charge in [-0.2, -0.15) is 0 Å². The summed E-state index contributed by atoms with van der Waals surface area (Å²) in [5.74, 6) is -0.960. The molecule has 3 fully saturated rings. The third-order valence-corrected chi connectivity index (χ3v) is 10.5. The molecule has 0 aliphatic carbocycles. The lowest BCUT2D eigenvalue weighted by Gasteiger charge is -2.39. The summed E-state index contributed by atoms with van der Waals surface area (Å²) < 4.78 is -0.952. The molecule has 208 valence electrons. The third kappa shape index (κ3) is 5.38. The van der Waals surface area contributed by atoms with Crippen LogP contribution in [0.1, 0.15) is 72.6 Å².